The van der Waals surface area contributed by atoms with Crippen molar-refractivity contribution in [2.75, 3.05) is 6.16 Å². The van der Waals surface area contributed by atoms with Gasteiger partial charge in [0.15, 0.2) is 6.16 Å². The zero-order valence-electron chi connectivity index (χ0n) is 13.1. The molecule has 0 spiro atoms. The van der Waals surface area contributed by atoms with Crippen molar-refractivity contribution in [2.24, 2.45) is 0 Å². The highest BCUT2D eigenvalue weighted by Crippen LogP contribution is 2.54. The molecule has 122 valence electrons. The number of carboxylic acid groups (broad SMARTS) is 1. The number of carboxylic acids is 1. The van der Waals surface area contributed by atoms with Crippen molar-refractivity contribution >= 4 is 29.1 Å². The molecule has 0 fully saturated rings. The van der Waals surface area contributed by atoms with E-state index in [1.54, 1.807) is 0 Å². The van der Waals surface area contributed by atoms with Gasteiger partial charge in [-0.25, -0.2) is 4.79 Å². The van der Waals surface area contributed by atoms with Gasteiger partial charge in [-0.3, -0.25) is 0 Å². The van der Waals surface area contributed by atoms with Crippen molar-refractivity contribution < 1.29 is 15.4 Å². The van der Waals surface area contributed by atoms with Gasteiger partial charge >= 0.3 is 5.97 Å². The van der Waals surface area contributed by atoms with E-state index >= 15 is 0 Å². The second-order valence-electron chi connectivity index (χ2n) is 5.37. The van der Waals surface area contributed by atoms with Crippen LogP contribution in [0.4, 0.5) is 0 Å². The summed E-state index contributed by atoms with van der Waals surface area (Å²) >= 11 is 0. The third kappa shape index (κ3) is 3.38. The Morgan fingerprint density at radius 1 is 0.667 bits per heavy atom. The Morgan fingerprint density at radius 2 is 0.958 bits per heavy atom. The number of carbonyl (C=O) groups is 1. The lowest BCUT2D eigenvalue weighted by Gasteiger charge is -2.25. The van der Waals surface area contributed by atoms with Crippen LogP contribution in [0.25, 0.3) is 0 Å². The van der Waals surface area contributed by atoms with Crippen molar-refractivity contribution in [2.45, 2.75) is 0 Å². The average molecular weight is 338 g/mol. The Kier molecular flexibility index (Phi) is 5.86. The minimum Gasteiger partial charge on any atom is -0.870 e. The van der Waals surface area contributed by atoms with Gasteiger partial charge < -0.3 is 10.6 Å². The molecule has 24 heavy (non-hydrogen) atoms. The summed E-state index contributed by atoms with van der Waals surface area (Å²) in [4.78, 5) is 11.8. The number of benzene rings is 3. The van der Waals surface area contributed by atoms with E-state index in [-0.39, 0.29) is 11.6 Å². The lowest BCUT2D eigenvalue weighted by Crippen LogP contribution is -2.35. The van der Waals surface area contributed by atoms with Crippen molar-refractivity contribution in [3.63, 3.8) is 0 Å². The van der Waals surface area contributed by atoms with E-state index in [1.165, 1.54) is 0 Å². The molecule has 0 unspecified atom stereocenters. The molecule has 3 nitrogen and oxygen atoms in total. The summed E-state index contributed by atoms with van der Waals surface area (Å²) in [5, 5.41) is 13.0. The van der Waals surface area contributed by atoms with E-state index in [0.29, 0.717) is 0 Å². The SMILES string of the molecule is O=C(O)C[P+](c1ccccc1)(c1ccccc1)c1ccccc1.[OH-]. The molecular formula is C20H19O3P. The van der Waals surface area contributed by atoms with Crippen LogP contribution in [0.2, 0.25) is 0 Å². The average Bonchev–Trinajstić information content (AvgIpc) is 2.62. The van der Waals surface area contributed by atoms with Crippen molar-refractivity contribution in [3.05, 3.63) is 91.0 Å². The maximum atomic E-state index is 11.8. The Morgan fingerprint density at radius 3 is 1.21 bits per heavy atom. The first kappa shape index (κ1) is 17.9. The summed E-state index contributed by atoms with van der Waals surface area (Å²) < 4.78 is 0. The summed E-state index contributed by atoms with van der Waals surface area (Å²) in [6, 6.07) is 30.1. The van der Waals surface area contributed by atoms with Crippen molar-refractivity contribution in [1.82, 2.24) is 0 Å². The fourth-order valence-corrected chi connectivity index (χ4v) is 6.86. The number of aliphatic carboxylic acids is 1. The quantitative estimate of drug-likeness (QED) is 0.728. The molecule has 3 aromatic rings. The maximum Gasteiger partial charge on any atom is 0.342 e. The third-order valence-electron chi connectivity index (χ3n) is 3.96. The summed E-state index contributed by atoms with van der Waals surface area (Å²) in [6.45, 7) is 0. The highest BCUT2D eigenvalue weighted by molar-refractivity contribution is 7.96. The first-order valence-electron chi connectivity index (χ1n) is 7.50. The van der Waals surface area contributed by atoms with Crippen molar-refractivity contribution in [3.8, 4) is 0 Å². The second kappa shape index (κ2) is 7.87. The standard InChI is InChI=1S/C20H17O2P.H2O/c21-20(22)16-23(17-10-4-1-5-11-17,18-12-6-2-7-13-18)19-14-8-3-9-15-19;/h1-15H,16H2;1H2. The van der Waals surface area contributed by atoms with E-state index in [1.807, 2.05) is 54.6 Å². The molecule has 4 heteroatoms. The molecule has 0 saturated heterocycles. The molecule has 0 radical (unpaired) electrons. The van der Waals surface area contributed by atoms with Gasteiger partial charge in [-0.2, -0.15) is 0 Å². The van der Waals surface area contributed by atoms with Crippen LogP contribution < -0.4 is 15.9 Å². The normalized spacial score (nSPS) is 10.7. The Hall–Kier alpha value is -2.48. The lowest BCUT2D eigenvalue weighted by atomic mass is 10.4. The number of hydrogen-bond donors (Lipinski definition) is 1. The van der Waals surface area contributed by atoms with Gasteiger partial charge in [0.1, 0.15) is 23.2 Å². The Bertz CT molecular complexity index is 677. The largest absolute Gasteiger partial charge is 0.870 e. The predicted molar refractivity (Wildman–Crippen MR) is 99.6 cm³/mol. The predicted octanol–water partition coefficient (Wildman–Crippen LogP) is 2.89. The Labute approximate surface area is 142 Å². The minimum absolute atomic E-state index is 0. The van der Waals surface area contributed by atoms with Crippen molar-refractivity contribution in [1.29, 1.82) is 0 Å². The van der Waals surface area contributed by atoms with Gasteiger partial charge in [0.25, 0.3) is 0 Å². The molecule has 3 rings (SSSR count). The molecule has 0 aliphatic carbocycles. The first-order chi connectivity index (χ1) is 11.2. The van der Waals surface area contributed by atoms with Crippen LogP contribution in [0, 0.1) is 0 Å². The zero-order valence-corrected chi connectivity index (χ0v) is 14.0. The highest BCUT2D eigenvalue weighted by atomic mass is 31.2. The van der Waals surface area contributed by atoms with Crippen LogP contribution in [0.3, 0.4) is 0 Å². The van der Waals surface area contributed by atoms with Crippen LogP contribution in [0.5, 0.6) is 0 Å². The molecule has 0 amide bonds. The summed E-state index contributed by atoms with van der Waals surface area (Å²) in [5.74, 6) is -0.769. The van der Waals surface area contributed by atoms with Gasteiger partial charge in [0.05, 0.1) is 0 Å². The van der Waals surface area contributed by atoms with E-state index in [9.17, 15) is 9.90 Å². The molecule has 2 N–H and O–H groups in total. The molecule has 0 heterocycles. The summed E-state index contributed by atoms with van der Waals surface area (Å²) in [5.41, 5.74) is 0. The Balaban J connectivity index is 0.00000208. The van der Waals surface area contributed by atoms with E-state index < -0.39 is 13.2 Å². The van der Waals surface area contributed by atoms with Gasteiger partial charge in [-0.15, -0.1) is 0 Å². The zero-order chi connectivity index (χ0) is 16.1. The lowest BCUT2D eigenvalue weighted by molar-refractivity contribution is -0.134. The van der Waals surface area contributed by atoms with Crippen LogP contribution in [0.15, 0.2) is 91.0 Å². The molecule has 0 bridgehead atoms. The van der Waals surface area contributed by atoms with Crippen LogP contribution in [-0.2, 0) is 4.79 Å². The first-order valence-corrected chi connectivity index (χ1v) is 9.47. The van der Waals surface area contributed by atoms with Gasteiger partial charge in [-0.1, -0.05) is 54.6 Å². The van der Waals surface area contributed by atoms with Crippen LogP contribution in [-0.4, -0.2) is 22.7 Å². The number of hydrogen-bond acceptors (Lipinski definition) is 2. The third-order valence-corrected chi connectivity index (χ3v) is 8.25. The molecule has 0 aliphatic heterocycles. The minimum atomic E-state index is -2.21. The fraction of sp³-hybridized carbons (Fsp3) is 0.0500. The molecule has 0 aliphatic rings. The summed E-state index contributed by atoms with van der Waals surface area (Å²) in [6.07, 6.45) is 0.116. The molecule has 0 atom stereocenters. The topological polar surface area (TPSA) is 67.3 Å². The highest BCUT2D eigenvalue weighted by Gasteiger charge is 2.47. The molecule has 3 aromatic carbocycles. The monoisotopic (exact) mass is 338 g/mol. The van der Waals surface area contributed by atoms with Gasteiger partial charge in [0, 0.05) is 0 Å². The molecule has 0 aromatic heterocycles. The van der Waals surface area contributed by atoms with Crippen LogP contribution in [0.1, 0.15) is 0 Å². The smallest absolute Gasteiger partial charge is 0.342 e. The van der Waals surface area contributed by atoms with Gasteiger partial charge in [0.2, 0.25) is 0 Å². The maximum absolute atomic E-state index is 11.8. The summed E-state index contributed by atoms with van der Waals surface area (Å²) in [7, 11) is -2.21. The van der Waals surface area contributed by atoms with E-state index in [4.69, 9.17) is 0 Å². The van der Waals surface area contributed by atoms with Crippen LogP contribution >= 0.6 is 7.26 Å². The van der Waals surface area contributed by atoms with E-state index in [0.717, 1.165) is 15.9 Å². The van der Waals surface area contributed by atoms with Gasteiger partial charge in [-0.05, 0) is 36.4 Å². The van der Waals surface area contributed by atoms with E-state index in [2.05, 4.69) is 36.4 Å². The second-order valence-corrected chi connectivity index (χ2v) is 8.85. The molecular weight excluding hydrogens is 319 g/mol. The fourth-order valence-electron chi connectivity index (χ4n) is 2.97. The molecule has 0 saturated carbocycles. The number of rotatable bonds is 5.